The highest BCUT2D eigenvalue weighted by atomic mass is 16.5. The first-order valence-corrected chi connectivity index (χ1v) is 10.2. The molecular weight excluding hydrogens is 348 g/mol. The zero-order chi connectivity index (χ0) is 20.0. The van der Waals surface area contributed by atoms with Gasteiger partial charge in [0.05, 0.1) is 19.3 Å². The van der Waals surface area contributed by atoms with Crippen molar-refractivity contribution < 1.29 is 9.53 Å². The molecule has 1 unspecified atom stereocenters. The second-order valence-corrected chi connectivity index (χ2v) is 8.31. The van der Waals surface area contributed by atoms with Crippen molar-refractivity contribution in [1.82, 2.24) is 10.2 Å². The normalized spacial score (nSPS) is 16.5. The molecule has 2 aromatic rings. The number of ether oxygens (including phenoxy) is 1. The molecule has 0 spiro atoms. The van der Waals surface area contributed by atoms with Crippen LogP contribution >= 0.6 is 0 Å². The van der Waals surface area contributed by atoms with E-state index in [0.29, 0.717) is 13.0 Å². The maximum absolute atomic E-state index is 12.8. The Morgan fingerprint density at radius 1 is 1.11 bits per heavy atom. The predicted molar refractivity (Wildman–Crippen MR) is 113 cm³/mol. The van der Waals surface area contributed by atoms with Crippen LogP contribution in [0.3, 0.4) is 0 Å². The highest BCUT2D eigenvalue weighted by molar-refractivity contribution is 5.77. The van der Waals surface area contributed by atoms with Crippen molar-refractivity contribution in [2.45, 2.75) is 38.6 Å². The van der Waals surface area contributed by atoms with Crippen molar-refractivity contribution in [3.05, 3.63) is 71.3 Å². The Labute approximate surface area is 168 Å². The maximum atomic E-state index is 12.8. The number of morpholine rings is 1. The largest absolute Gasteiger partial charge is 0.379 e. The van der Waals surface area contributed by atoms with Gasteiger partial charge in [-0.1, -0.05) is 74.0 Å². The average molecular weight is 381 g/mol. The molecule has 0 aliphatic carbocycles. The van der Waals surface area contributed by atoms with Crippen molar-refractivity contribution in [2.24, 2.45) is 0 Å². The highest BCUT2D eigenvalue weighted by Gasteiger charge is 2.26. The summed E-state index contributed by atoms with van der Waals surface area (Å²) in [6.45, 7) is 10.3. The number of aryl methyl sites for hydroxylation is 1. The van der Waals surface area contributed by atoms with Gasteiger partial charge in [0.2, 0.25) is 5.91 Å². The summed E-state index contributed by atoms with van der Waals surface area (Å²) in [7, 11) is 0. The topological polar surface area (TPSA) is 41.6 Å². The fourth-order valence-corrected chi connectivity index (χ4v) is 3.89. The van der Waals surface area contributed by atoms with Crippen LogP contribution in [-0.4, -0.2) is 43.7 Å². The molecule has 28 heavy (non-hydrogen) atoms. The number of nitrogens with one attached hydrogen (secondary N) is 1. The average Bonchev–Trinajstić information content (AvgIpc) is 2.69. The van der Waals surface area contributed by atoms with E-state index >= 15 is 0 Å². The van der Waals surface area contributed by atoms with E-state index in [4.69, 9.17) is 4.74 Å². The van der Waals surface area contributed by atoms with Crippen LogP contribution in [0.1, 0.15) is 43.0 Å². The molecule has 1 aliphatic rings. The summed E-state index contributed by atoms with van der Waals surface area (Å²) in [6.07, 6.45) is 0.473. The molecule has 1 N–H and O–H groups in total. The fourth-order valence-electron chi connectivity index (χ4n) is 3.89. The predicted octanol–water partition coefficient (Wildman–Crippen LogP) is 3.85. The Balaban J connectivity index is 1.66. The lowest BCUT2D eigenvalue weighted by Gasteiger charge is -2.35. The minimum Gasteiger partial charge on any atom is -0.379 e. The molecule has 1 saturated heterocycles. The number of carbonyl (C=O) groups is 1. The standard InChI is InChI=1S/C24H32N2O2/c1-19-8-7-9-20(16-19)22(26-12-14-28-15-13-26)18-25-23(27)17-24(2,3)21-10-5-4-6-11-21/h4-11,16,22H,12-15,17-18H2,1-3H3,(H,25,27). The molecule has 4 nitrogen and oxygen atoms in total. The van der Waals surface area contributed by atoms with E-state index in [2.05, 4.69) is 67.4 Å². The van der Waals surface area contributed by atoms with Crippen molar-refractivity contribution in [1.29, 1.82) is 0 Å². The number of hydrogen-bond acceptors (Lipinski definition) is 3. The molecule has 0 aromatic heterocycles. The third-order valence-electron chi connectivity index (χ3n) is 5.56. The van der Waals surface area contributed by atoms with Gasteiger partial charge in [0.25, 0.3) is 0 Å². The maximum Gasteiger partial charge on any atom is 0.220 e. The number of carbonyl (C=O) groups excluding carboxylic acids is 1. The second kappa shape index (κ2) is 9.35. The molecular formula is C24H32N2O2. The summed E-state index contributed by atoms with van der Waals surface area (Å²) < 4.78 is 5.52. The Morgan fingerprint density at radius 2 is 1.82 bits per heavy atom. The molecule has 0 bridgehead atoms. The number of amides is 1. The number of hydrogen-bond donors (Lipinski definition) is 1. The van der Waals surface area contributed by atoms with Gasteiger partial charge < -0.3 is 10.1 Å². The van der Waals surface area contributed by atoms with Gasteiger partial charge in [-0.3, -0.25) is 9.69 Å². The highest BCUT2D eigenvalue weighted by Crippen LogP contribution is 2.27. The minimum atomic E-state index is -0.191. The lowest BCUT2D eigenvalue weighted by Crippen LogP contribution is -2.44. The Kier molecular flexibility index (Phi) is 6.87. The first-order chi connectivity index (χ1) is 13.5. The van der Waals surface area contributed by atoms with E-state index in [-0.39, 0.29) is 17.4 Å². The van der Waals surface area contributed by atoms with E-state index in [0.717, 1.165) is 26.3 Å². The van der Waals surface area contributed by atoms with Crippen molar-refractivity contribution in [2.75, 3.05) is 32.8 Å². The van der Waals surface area contributed by atoms with Gasteiger partial charge in [0.1, 0.15) is 0 Å². The molecule has 1 atom stereocenters. The number of rotatable bonds is 7. The fraction of sp³-hybridized carbons (Fsp3) is 0.458. The van der Waals surface area contributed by atoms with Crippen LogP contribution < -0.4 is 5.32 Å². The molecule has 1 aliphatic heterocycles. The number of nitrogens with zero attached hydrogens (tertiary/aromatic N) is 1. The third-order valence-corrected chi connectivity index (χ3v) is 5.56. The van der Waals surface area contributed by atoms with Crippen molar-refractivity contribution in [3.63, 3.8) is 0 Å². The van der Waals surface area contributed by atoms with E-state index in [1.807, 2.05) is 18.2 Å². The second-order valence-electron chi connectivity index (χ2n) is 8.31. The van der Waals surface area contributed by atoms with Gasteiger partial charge in [-0.05, 0) is 23.5 Å². The van der Waals surface area contributed by atoms with Crippen LogP contribution in [-0.2, 0) is 14.9 Å². The van der Waals surface area contributed by atoms with E-state index in [9.17, 15) is 4.79 Å². The van der Waals surface area contributed by atoms with E-state index in [1.165, 1.54) is 16.7 Å². The van der Waals surface area contributed by atoms with Crippen LogP contribution in [0.5, 0.6) is 0 Å². The first-order valence-electron chi connectivity index (χ1n) is 10.2. The molecule has 3 rings (SSSR count). The van der Waals surface area contributed by atoms with Crippen LogP contribution in [0.4, 0.5) is 0 Å². The third kappa shape index (κ3) is 5.43. The molecule has 0 saturated carbocycles. The quantitative estimate of drug-likeness (QED) is 0.793. The van der Waals surface area contributed by atoms with Crippen molar-refractivity contribution in [3.8, 4) is 0 Å². The summed E-state index contributed by atoms with van der Waals surface area (Å²) >= 11 is 0. The lowest BCUT2D eigenvalue weighted by atomic mass is 9.81. The Hall–Kier alpha value is -2.17. The first kappa shape index (κ1) is 20.6. The van der Waals surface area contributed by atoms with Crippen LogP contribution in [0.2, 0.25) is 0 Å². The minimum absolute atomic E-state index is 0.0970. The molecule has 150 valence electrons. The van der Waals surface area contributed by atoms with Gasteiger partial charge >= 0.3 is 0 Å². The van der Waals surface area contributed by atoms with E-state index < -0.39 is 0 Å². The summed E-state index contributed by atoms with van der Waals surface area (Å²) in [5.74, 6) is 0.0970. The monoisotopic (exact) mass is 380 g/mol. The molecule has 1 fully saturated rings. The smallest absolute Gasteiger partial charge is 0.220 e. The molecule has 1 heterocycles. The van der Waals surface area contributed by atoms with Gasteiger partial charge in [0, 0.05) is 26.1 Å². The summed E-state index contributed by atoms with van der Waals surface area (Å²) in [4.78, 5) is 15.2. The van der Waals surface area contributed by atoms with E-state index in [1.54, 1.807) is 0 Å². The Morgan fingerprint density at radius 3 is 2.50 bits per heavy atom. The summed E-state index contributed by atoms with van der Waals surface area (Å²) in [6, 6.07) is 19.0. The van der Waals surface area contributed by atoms with Crippen LogP contribution in [0.25, 0.3) is 0 Å². The molecule has 4 heteroatoms. The molecule has 1 amide bonds. The van der Waals surface area contributed by atoms with Gasteiger partial charge in [-0.2, -0.15) is 0 Å². The number of benzene rings is 2. The zero-order valence-electron chi connectivity index (χ0n) is 17.3. The van der Waals surface area contributed by atoms with Crippen LogP contribution in [0, 0.1) is 6.92 Å². The summed E-state index contributed by atoms with van der Waals surface area (Å²) in [5, 5.41) is 3.20. The van der Waals surface area contributed by atoms with Gasteiger partial charge in [-0.25, -0.2) is 0 Å². The zero-order valence-corrected chi connectivity index (χ0v) is 17.3. The van der Waals surface area contributed by atoms with Gasteiger partial charge in [0.15, 0.2) is 0 Å². The SMILES string of the molecule is Cc1cccc(C(CNC(=O)CC(C)(C)c2ccccc2)N2CCOCC2)c1. The lowest BCUT2D eigenvalue weighted by molar-refractivity contribution is -0.122. The molecule has 0 radical (unpaired) electrons. The molecule has 2 aromatic carbocycles. The Bertz CT molecular complexity index is 767. The van der Waals surface area contributed by atoms with Gasteiger partial charge in [-0.15, -0.1) is 0 Å². The summed E-state index contributed by atoms with van der Waals surface area (Å²) in [5.41, 5.74) is 3.49. The van der Waals surface area contributed by atoms with Crippen LogP contribution in [0.15, 0.2) is 54.6 Å². The van der Waals surface area contributed by atoms with Crippen molar-refractivity contribution >= 4 is 5.91 Å².